The summed E-state index contributed by atoms with van der Waals surface area (Å²) in [5.41, 5.74) is 0. The molecule has 0 saturated carbocycles. The van der Waals surface area contributed by atoms with Crippen LogP contribution in [0.5, 0.6) is 0 Å². The third-order valence-electron chi connectivity index (χ3n) is 2.79. The summed E-state index contributed by atoms with van der Waals surface area (Å²) in [7, 11) is 0. The average Bonchev–Trinajstić information content (AvgIpc) is 2.15. The molecule has 82 valence electrons. The predicted molar refractivity (Wildman–Crippen MR) is 62.5 cm³/mol. The Morgan fingerprint density at radius 3 is 2.64 bits per heavy atom. The molecule has 0 N–H and O–H groups in total. The lowest BCUT2D eigenvalue weighted by atomic mass is 9.99. The van der Waals surface area contributed by atoms with E-state index < -0.39 is 0 Å². The Hall–Kier alpha value is -0.0500. The van der Waals surface area contributed by atoms with Crippen LogP contribution in [0.3, 0.4) is 0 Å². The lowest BCUT2D eigenvalue weighted by Crippen LogP contribution is -2.44. The maximum atomic E-state index is 12.0. The minimum absolute atomic E-state index is 0.00667. The van der Waals surface area contributed by atoms with Crippen molar-refractivity contribution in [3.05, 3.63) is 0 Å². The first-order valence-electron chi connectivity index (χ1n) is 5.45. The van der Waals surface area contributed by atoms with E-state index in [1.54, 1.807) is 0 Å². The molecular formula is C11H20BrNO. The summed E-state index contributed by atoms with van der Waals surface area (Å²) in [4.78, 5) is 14.0. The van der Waals surface area contributed by atoms with Gasteiger partial charge in [-0.3, -0.25) is 4.79 Å². The molecule has 1 heterocycles. The highest BCUT2D eigenvalue weighted by molar-refractivity contribution is 9.10. The largest absolute Gasteiger partial charge is 0.341 e. The van der Waals surface area contributed by atoms with Crippen LogP contribution < -0.4 is 0 Å². The van der Waals surface area contributed by atoms with Crippen molar-refractivity contribution >= 4 is 21.8 Å². The molecule has 3 heteroatoms. The lowest BCUT2D eigenvalue weighted by Gasteiger charge is -2.33. The molecule has 0 bridgehead atoms. The Bertz CT molecular complexity index is 205. The maximum Gasteiger partial charge on any atom is 0.236 e. The van der Waals surface area contributed by atoms with Crippen LogP contribution in [0, 0.1) is 11.8 Å². The normalized spacial score (nSPS) is 25.2. The zero-order chi connectivity index (χ0) is 10.7. The Morgan fingerprint density at radius 1 is 1.50 bits per heavy atom. The van der Waals surface area contributed by atoms with Gasteiger partial charge in [-0.25, -0.2) is 0 Å². The van der Waals surface area contributed by atoms with Gasteiger partial charge >= 0.3 is 0 Å². The van der Waals surface area contributed by atoms with E-state index in [2.05, 4.69) is 36.7 Å². The second-order valence-electron chi connectivity index (χ2n) is 4.68. The van der Waals surface area contributed by atoms with E-state index in [0.717, 1.165) is 19.5 Å². The fourth-order valence-corrected chi connectivity index (χ4v) is 2.14. The monoisotopic (exact) mass is 261 g/mol. The first-order chi connectivity index (χ1) is 6.52. The zero-order valence-corrected chi connectivity index (χ0v) is 10.9. The summed E-state index contributed by atoms with van der Waals surface area (Å²) in [5.74, 6) is 1.31. The summed E-state index contributed by atoms with van der Waals surface area (Å²) in [6.07, 6.45) is 2.42. The highest BCUT2D eigenvalue weighted by Gasteiger charge is 2.27. The molecule has 0 unspecified atom stereocenters. The Kier molecular flexibility index (Phi) is 4.42. The molecule has 0 aromatic rings. The molecule has 0 aromatic carbocycles. The van der Waals surface area contributed by atoms with Gasteiger partial charge in [0.15, 0.2) is 0 Å². The molecule has 1 fully saturated rings. The molecule has 0 spiro atoms. The fourth-order valence-electron chi connectivity index (χ4n) is 1.85. The van der Waals surface area contributed by atoms with Crippen molar-refractivity contribution < 1.29 is 4.79 Å². The van der Waals surface area contributed by atoms with Crippen LogP contribution in [-0.2, 0) is 4.79 Å². The summed E-state index contributed by atoms with van der Waals surface area (Å²) in [5, 5.41) is 0. The van der Waals surface area contributed by atoms with Crippen molar-refractivity contribution in [1.82, 2.24) is 4.90 Å². The van der Waals surface area contributed by atoms with E-state index in [-0.39, 0.29) is 10.7 Å². The van der Waals surface area contributed by atoms with Gasteiger partial charge in [-0.05, 0) is 24.7 Å². The van der Waals surface area contributed by atoms with Crippen LogP contribution in [0.15, 0.2) is 0 Å². The molecule has 1 amide bonds. The average molecular weight is 262 g/mol. The van der Waals surface area contributed by atoms with Crippen LogP contribution in [0.4, 0.5) is 0 Å². The number of alkyl halides is 1. The van der Waals surface area contributed by atoms with Crippen LogP contribution >= 0.6 is 15.9 Å². The van der Waals surface area contributed by atoms with Crippen molar-refractivity contribution in [2.24, 2.45) is 11.8 Å². The summed E-state index contributed by atoms with van der Waals surface area (Å²) >= 11 is 3.47. The molecule has 1 aliphatic heterocycles. The Balaban J connectivity index is 2.51. The summed E-state index contributed by atoms with van der Waals surface area (Å²) in [6.45, 7) is 8.25. The number of rotatable bonds is 2. The summed E-state index contributed by atoms with van der Waals surface area (Å²) in [6, 6.07) is 0. The van der Waals surface area contributed by atoms with Gasteiger partial charge < -0.3 is 4.90 Å². The minimum atomic E-state index is -0.00667. The van der Waals surface area contributed by atoms with Crippen molar-refractivity contribution in [3.8, 4) is 0 Å². The molecule has 0 aromatic heterocycles. The number of carbonyl (C=O) groups excluding carboxylic acids is 1. The highest BCUT2D eigenvalue weighted by Crippen LogP contribution is 2.20. The molecule has 0 radical (unpaired) electrons. The first-order valence-corrected chi connectivity index (χ1v) is 6.36. The zero-order valence-electron chi connectivity index (χ0n) is 9.29. The van der Waals surface area contributed by atoms with E-state index >= 15 is 0 Å². The van der Waals surface area contributed by atoms with Crippen molar-refractivity contribution in [3.63, 3.8) is 0 Å². The second kappa shape index (κ2) is 5.15. The van der Waals surface area contributed by atoms with E-state index in [0.29, 0.717) is 11.8 Å². The van der Waals surface area contributed by atoms with Gasteiger partial charge in [0.2, 0.25) is 5.91 Å². The van der Waals surface area contributed by atoms with Gasteiger partial charge in [-0.15, -0.1) is 0 Å². The lowest BCUT2D eigenvalue weighted by molar-refractivity contribution is -0.132. The van der Waals surface area contributed by atoms with E-state index in [1.807, 2.05) is 4.90 Å². The molecular weight excluding hydrogens is 242 g/mol. The highest BCUT2D eigenvalue weighted by atomic mass is 79.9. The van der Waals surface area contributed by atoms with E-state index in [9.17, 15) is 4.79 Å². The fraction of sp³-hybridized carbons (Fsp3) is 0.909. The van der Waals surface area contributed by atoms with Crippen LogP contribution in [-0.4, -0.2) is 28.7 Å². The second-order valence-corrected chi connectivity index (χ2v) is 5.66. The SMILES string of the molecule is CC(C)[C@@H](Br)C(=O)N1CCC[C@@H](C)C1. The van der Waals surface area contributed by atoms with Crippen molar-refractivity contribution in [1.29, 1.82) is 0 Å². The number of likely N-dealkylation sites (tertiary alicyclic amines) is 1. The van der Waals surface area contributed by atoms with Gasteiger partial charge in [0.25, 0.3) is 0 Å². The number of amides is 1. The van der Waals surface area contributed by atoms with Gasteiger partial charge in [0.05, 0.1) is 4.83 Å². The van der Waals surface area contributed by atoms with E-state index in [1.165, 1.54) is 6.42 Å². The smallest absolute Gasteiger partial charge is 0.236 e. The number of hydrogen-bond donors (Lipinski definition) is 0. The molecule has 2 atom stereocenters. The number of halogens is 1. The minimum Gasteiger partial charge on any atom is -0.341 e. The molecule has 14 heavy (non-hydrogen) atoms. The van der Waals surface area contributed by atoms with Crippen LogP contribution in [0.1, 0.15) is 33.6 Å². The van der Waals surface area contributed by atoms with E-state index in [4.69, 9.17) is 0 Å². The van der Waals surface area contributed by atoms with Gasteiger partial charge in [0.1, 0.15) is 0 Å². The first kappa shape index (κ1) is 12.0. The molecule has 2 nitrogen and oxygen atoms in total. The molecule has 0 aliphatic carbocycles. The molecule has 1 saturated heterocycles. The number of hydrogen-bond acceptors (Lipinski definition) is 1. The Labute approximate surface area is 95.2 Å². The third kappa shape index (κ3) is 2.97. The van der Waals surface area contributed by atoms with Crippen molar-refractivity contribution in [2.45, 2.75) is 38.4 Å². The molecule has 1 rings (SSSR count). The number of nitrogens with zero attached hydrogens (tertiary/aromatic N) is 1. The molecule has 1 aliphatic rings. The standard InChI is InChI=1S/C11H20BrNO/c1-8(2)10(12)11(14)13-6-4-5-9(3)7-13/h8-10H,4-7H2,1-3H3/t9-,10-/m1/s1. The number of carbonyl (C=O) groups is 1. The van der Waals surface area contributed by atoms with Crippen molar-refractivity contribution in [2.75, 3.05) is 13.1 Å². The van der Waals surface area contributed by atoms with Crippen LogP contribution in [0.2, 0.25) is 0 Å². The van der Waals surface area contributed by atoms with Crippen LogP contribution in [0.25, 0.3) is 0 Å². The summed E-state index contributed by atoms with van der Waals surface area (Å²) < 4.78 is 0. The Morgan fingerprint density at radius 2 is 2.14 bits per heavy atom. The topological polar surface area (TPSA) is 20.3 Å². The predicted octanol–water partition coefficient (Wildman–Crippen LogP) is 2.66. The van der Waals surface area contributed by atoms with Gasteiger partial charge in [-0.1, -0.05) is 36.7 Å². The number of piperidine rings is 1. The van der Waals surface area contributed by atoms with Gasteiger partial charge in [-0.2, -0.15) is 0 Å². The quantitative estimate of drug-likeness (QED) is 0.700. The maximum absolute atomic E-state index is 12.0. The third-order valence-corrected chi connectivity index (χ3v) is 4.24. The van der Waals surface area contributed by atoms with Gasteiger partial charge in [0, 0.05) is 13.1 Å².